The number of hydrogen-bond acceptors (Lipinski definition) is 2. The number of carbonyl (C=O) groups excluding carboxylic acids is 1. The van der Waals surface area contributed by atoms with Crippen LogP contribution in [0.25, 0.3) is 0 Å². The molecular weight excluding hydrogens is 190 g/mol. The first-order chi connectivity index (χ1) is 7.02. The summed E-state index contributed by atoms with van der Waals surface area (Å²) in [5.41, 5.74) is -0.0359. The summed E-state index contributed by atoms with van der Waals surface area (Å²) in [5, 5.41) is 11.9. The van der Waals surface area contributed by atoms with E-state index in [0.29, 0.717) is 13.0 Å². The lowest BCUT2D eigenvalue weighted by Gasteiger charge is -2.21. The van der Waals surface area contributed by atoms with Crippen LogP contribution in [0.3, 0.4) is 0 Å². The second-order valence-electron chi connectivity index (χ2n) is 4.60. The Bertz CT molecular complexity index is 200. The molecule has 0 saturated carbocycles. The van der Waals surface area contributed by atoms with E-state index in [0.717, 1.165) is 19.3 Å². The Labute approximate surface area is 92.6 Å². The van der Waals surface area contributed by atoms with Crippen LogP contribution < -0.4 is 5.32 Å². The van der Waals surface area contributed by atoms with E-state index in [1.54, 1.807) is 6.08 Å². The van der Waals surface area contributed by atoms with Crippen LogP contribution in [-0.2, 0) is 4.79 Å². The summed E-state index contributed by atoms with van der Waals surface area (Å²) in [7, 11) is 0. The maximum atomic E-state index is 11.2. The molecule has 0 bridgehead atoms. The average Bonchev–Trinajstić information content (AvgIpc) is 2.21. The van der Waals surface area contributed by atoms with Gasteiger partial charge in [0.2, 0.25) is 5.91 Å². The van der Waals surface area contributed by atoms with E-state index in [1.165, 1.54) is 0 Å². The number of allylic oxidation sites excluding steroid dienone is 1. The fraction of sp³-hybridized carbons (Fsp3) is 0.750. The smallest absolute Gasteiger partial charge is 0.220 e. The number of aliphatic hydroxyl groups is 1. The predicted molar refractivity (Wildman–Crippen MR) is 62.5 cm³/mol. The number of amides is 1. The molecule has 0 aliphatic carbocycles. The molecule has 2 N–H and O–H groups in total. The predicted octanol–water partition coefficient (Wildman–Crippen LogP) is 1.87. The van der Waals surface area contributed by atoms with Gasteiger partial charge in [-0.3, -0.25) is 4.79 Å². The summed E-state index contributed by atoms with van der Waals surface area (Å²) in [5.74, 6) is 0.0803. The maximum Gasteiger partial charge on any atom is 0.220 e. The summed E-state index contributed by atoms with van der Waals surface area (Å²) in [6, 6.07) is 0. The first-order valence-corrected chi connectivity index (χ1v) is 5.50. The summed E-state index contributed by atoms with van der Waals surface area (Å²) in [6.45, 7) is 8.49. The molecule has 0 radical (unpaired) electrons. The van der Waals surface area contributed by atoms with Gasteiger partial charge in [0, 0.05) is 19.6 Å². The van der Waals surface area contributed by atoms with Crippen molar-refractivity contribution in [3.8, 4) is 0 Å². The van der Waals surface area contributed by atoms with Gasteiger partial charge in [0.25, 0.3) is 0 Å². The van der Waals surface area contributed by atoms with Gasteiger partial charge in [0.1, 0.15) is 0 Å². The molecule has 0 spiro atoms. The molecule has 0 aromatic rings. The minimum absolute atomic E-state index is 0.0359. The SMILES string of the molecule is C=CCCC(=O)NCCCC(C)(C)CO. The van der Waals surface area contributed by atoms with Crippen molar-refractivity contribution in [1.29, 1.82) is 0 Å². The number of nitrogens with one attached hydrogen (secondary N) is 1. The van der Waals surface area contributed by atoms with Crippen molar-refractivity contribution in [2.24, 2.45) is 5.41 Å². The van der Waals surface area contributed by atoms with E-state index >= 15 is 0 Å². The Kier molecular flexibility index (Phi) is 7.05. The molecule has 0 aliphatic rings. The van der Waals surface area contributed by atoms with Gasteiger partial charge < -0.3 is 10.4 Å². The van der Waals surface area contributed by atoms with Gasteiger partial charge in [-0.15, -0.1) is 6.58 Å². The van der Waals surface area contributed by atoms with Gasteiger partial charge in [-0.05, 0) is 24.7 Å². The third kappa shape index (κ3) is 8.18. The highest BCUT2D eigenvalue weighted by Crippen LogP contribution is 2.20. The van der Waals surface area contributed by atoms with E-state index in [9.17, 15) is 4.79 Å². The molecule has 15 heavy (non-hydrogen) atoms. The van der Waals surface area contributed by atoms with E-state index in [2.05, 4.69) is 11.9 Å². The second kappa shape index (κ2) is 7.46. The zero-order valence-electron chi connectivity index (χ0n) is 9.88. The highest BCUT2D eigenvalue weighted by molar-refractivity contribution is 5.75. The number of carbonyl (C=O) groups is 1. The van der Waals surface area contributed by atoms with Crippen LogP contribution in [0.15, 0.2) is 12.7 Å². The van der Waals surface area contributed by atoms with Crippen molar-refractivity contribution >= 4 is 5.91 Å². The van der Waals surface area contributed by atoms with E-state index in [-0.39, 0.29) is 17.9 Å². The minimum Gasteiger partial charge on any atom is -0.396 e. The van der Waals surface area contributed by atoms with Gasteiger partial charge in [-0.2, -0.15) is 0 Å². The lowest BCUT2D eigenvalue weighted by Crippen LogP contribution is -2.26. The Morgan fingerprint density at radius 1 is 1.53 bits per heavy atom. The fourth-order valence-electron chi connectivity index (χ4n) is 1.20. The second-order valence-corrected chi connectivity index (χ2v) is 4.60. The summed E-state index contributed by atoms with van der Waals surface area (Å²) in [4.78, 5) is 11.2. The summed E-state index contributed by atoms with van der Waals surface area (Å²) < 4.78 is 0. The molecule has 0 heterocycles. The largest absolute Gasteiger partial charge is 0.396 e. The normalized spacial score (nSPS) is 11.1. The van der Waals surface area contributed by atoms with Gasteiger partial charge in [0.05, 0.1) is 0 Å². The van der Waals surface area contributed by atoms with Crippen molar-refractivity contribution in [2.45, 2.75) is 39.5 Å². The first-order valence-electron chi connectivity index (χ1n) is 5.50. The van der Waals surface area contributed by atoms with Crippen LogP contribution >= 0.6 is 0 Å². The monoisotopic (exact) mass is 213 g/mol. The van der Waals surface area contributed by atoms with Crippen LogP contribution in [0, 0.1) is 5.41 Å². The molecule has 0 saturated heterocycles. The Morgan fingerprint density at radius 3 is 2.73 bits per heavy atom. The van der Waals surface area contributed by atoms with Crippen molar-refractivity contribution in [3.63, 3.8) is 0 Å². The maximum absolute atomic E-state index is 11.2. The first kappa shape index (κ1) is 14.2. The molecule has 0 fully saturated rings. The molecule has 0 aromatic carbocycles. The highest BCUT2D eigenvalue weighted by atomic mass is 16.3. The number of aliphatic hydroxyl groups excluding tert-OH is 1. The average molecular weight is 213 g/mol. The molecule has 0 atom stereocenters. The molecule has 0 aromatic heterocycles. The van der Waals surface area contributed by atoms with Gasteiger partial charge >= 0.3 is 0 Å². The zero-order valence-corrected chi connectivity index (χ0v) is 9.88. The van der Waals surface area contributed by atoms with Crippen molar-refractivity contribution in [3.05, 3.63) is 12.7 Å². The van der Waals surface area contributed by atoms with Crippen LogP contribution in [0.2, 0.25) is 0 Å². The van der Waals surface area contributed by atoms with Crippen molar-refractivity contribution in [2.75, 3.05) is 13.2 Å². The van der Waals surface area contributed by atoms with Crippen LogP contribution in [0.4, 0.5) is 0 Å². The summed E-state index contributed by atoms with van der Waals surface area (Å²) in [6.07, 6.45) is 4.83. The van der Waals surface area contributed by atoms with E-state index in [1.807, 2.05) is 13.8 Å². The van der Waals surface area contributed by atoms with Gasteiger partial charge in [-0.25, -0.2) is 0 Å². The molecule has 3 nitrogen and oxygen atoms in total. The van der Waals surface area contributed by atoms with E-state index in [4.69, 9.17) is 5.11 Å². The Balaban J connectivity index is 3.46. The molecule has 0 aliphatic heterocycles. The standard InChI is InChI=1S/C12H23NO2/c1-4-5-7-11(15)13-9-6-8-12(2,3)10-14/h4,14H,1,5-10H2,2-3H3,(H,13,15). The van der Waals surface area contributed by atoms with Crippen LogP contribution in [-0.4, -0.2) is 24.2 Å². The van der Waals surface area contributed by atoms with Crippen LogP contribution in [0.5, 0.6) is 0 Å². The molecule has 3 heteroatoms. The van der Waals surface area contributed by atoms with Gasteiger partial charge in [-0.1, -0.05) is 19.9 Å². The Hall–Kier alpha value is -0.830. The lowest BCUT2D eigenvalue weighted by atomic mass is 9.89. The highest BCUT2D eigenvalue weighted by Gasteiger charge is 2.15. The molecule has 88 valence electrons. The molecule has 0 unspecified atom stereocenters. The summed E-state index contributed by atoms with van der Waals surface area (Å²) >= 11 is 0. The fourth-order valence-corrected chi connectivity index (χ4v) is 1.20. The third-order valence-corrected chi connectivity index (χ3v) is 2.36. The third-order valence-electron chi connectivity index (χ3n) is 2.36. The number of hydrogen-bond donors (Lipinski definition) is 2. The topological polar surface area (TPSA) is 49.3 Å². The molecule has 0 rings (SSSR count). The lowest BCUT2D eigenvalue weighted by molar-refractivity contribution is -0.121. The van der Waals surface area contributed by atoms with Crippen molar-refractivity contribution < 1.29 is 9.90 Å². The van der Waals surface area contributed by atoms with Gasteiger partial charge in [0.15, 0.2) is 0 Å². The van der Waals surface area contributed by atoms with Crippen LogP contribution in [0.1, 0.15) is 39.5 Å². The quantitative estimate of drug-likeness (QED) is 0.477. The van der Waals surface area contributed by atoms with Crippen molar-refractivity contribution in [1.82, 2.24) is 5.32 Å². The van der Waals surface area contributed by atoms with E-state index < -0.39 is 0 Å². The minimum atomic E-state index is -0.0359. The number of rotatable bonds is 8. The molecular formula is C12H23NO2. The zero-order chi connectivity index (χ0) is 11.7. The Morgan fingerprint density at radius 2 is 2.20 bits per heavy atom. The molecule has 1 amide bonds.